The maximum Gasteiger partial charge on any atom is 0.246 e. The number of nitrogens with zero attached hydrogens (tertiary/aromatic N) is 1. The second-order valence-corrected chi connectivity index (χ2v) is 3.50. The van der Waals surface area contributed by atoms with E-state index in [0.29, 0.717) is 13.0 Å². The molecular weight excluding hydrogens is 192 g/mol. The number of fused-ring (bicyclic) bond motifs is 1. The topological polar surface area (TPSA) is 63.4 Å². The first-order valence-corrected chi connectivity index (χ1v) is 5.02. The Morgan fingerprint density at radius 1 is 1.40 bits per heavy atom. The minimum absolute atomic E-state index is 0.0539. The molecule has 2 N–H and O–H groups in total. The minimum atomic E-state index is -0.0539. The highest BCUT2D eigenvalue weighted by atomic mass is 16.3. The smallest absolute Gasteiger partial charge is 0.246 e. The first kappa shape index (κ1) is 9.98. The van der Waals surface area contributed by atoms with Gasteiger partial charge in [0.15, 0.2) is 0 Å². The number of rotatable bonds is 3. The third-order valence-electron chi connectivity index (χ3n) is 2.38. The number of nitrogens with one attached hydrogen (secondary N) is 1. The van der Waals surface area contributed by atoms with Crippen LogP contribution in [0.25, 0.3) is 0 Å². The molecule has 1 aliphatic heterocycles. The van der Waals surface area contributed by atoms with E-state index < -0.39 is 0 Å². The lowest BCUT2D eigenvalue weighted by molar-refractivity contribution is -0.120. The number of aliphatic hydroxyl groups excluding tert-OH is 1. The molecule has 1 heterocycles. The molecule has 1 aliphatic rings. The van der Waals surface area contributed by atoms with Gasteiger partial charge in [-0.15, -0.1) is 0 Å². The van der Waals surface area contributed by atoms with Gasteiger partial charge in [0.05, 0.1) is 12.3 Å². The summed E-state index contributed by atoms with van der Waals surface area (Å²) in [4.78, 5) is 11.1. The molecule has 0 saturated heterocycles. The van der Waals surface area contributed by atoms with Gasteiger partial charge >= 0.3 is 0 Å². The lowest BCUT2D eigenvalue weighted by Crippen LogP contribution is -2.18. The highest BCUT2D eigenvalue weighted by Gasteiger charge is 2.16. The fourth-order valence-corrected chi connectivity index (χ4v) is 1.62. The van der Waals surface area contributed by atoms with Crippen LogP contribution in [0.3, 0.4) is 0 Å². The molecular formula is C11H13N2O2. The molecule has 0 spiro atoms. The van der Waals surface area contributed by atoms with Gasteiger partial charge in [-0.1, -0.05) is 6.07 Å². The molecule has 1 aromatic carbocycles. The van der Waals surface area contributed by atoms with Crippen molar-refractivity contribution in [3.8, 4) is 0 Å². The van der Waals surface area contributed by atoms with E-state index in [1.807, 2.05) is 18.2 Å². The van der Waals surface area contributed by atoms with Gasteiger partial charge in [-0.05, 0) is 24.1 Å². The van der Waals surface area contributed by atoms with E-state index in [1.165, 1.54) is 0 Å². The normalized spacial score (nSPS) is 14.3. The SMILES string of the molecule is O=C1CCc2ccc(NCCO)cc2[N]1. The van der Waals surface area contributed by atoms with E-state index in [0.717, 1.165) is 23.4 Å². The quantitative estimate of drug-likeness (QED) is 0.767. The van der Waals surface area contributed by atoms with Crippen molar-refractivity contribution in [1.29, 1.82) is 0 Å². The van der Waals surface area contributed by atoms with Crippen LogP contribution < -0.4 is 10.6 Å². The number of benzene rings is 1. The molecule has 79 valence electrons. The van der Waals surface area contributed by atoms with E-state index in [9.17, 15) is 4.79 Å². The lowest BCUT2D eigenvalue weighted by Gasteiger charge is -2.15. The van der Waals surface area contributed by atoms with Gasteiger partial charge < -0.3 is 10.4 Å². The zero-order valence-electron chi connectivity index (χ0n) is 8.36. The molecule has 1 amide bonds. The third-order valence-corrected chi connectivity index (χ3v) is 2.38. The van der Waals surface area contributed by atoms with Crippen molar-refractivity contribution in [3.63, 3.8) is 0 Å². The molecule has 0 aliphatic carbocycles. The van der Waals surface area contributed by atoms with Crippen LogP contribution in [0.4, 0.5) is 11.4 Å². The Morgan fingerprint density at radius 3 is 3.07 bits per heavy atom. The molecule has 1 radical (unpaired) electrons. The van der Waals surface area contributed by atoms with Gasteiger partial charge in [-0.25, -0.2) is 5.32 Å². The van der Waals surface area contributed by atoms with Crippen LogP contribution >= 0.6 is 0 Å². The third kappa shape index (κ3) is 2.27. The summed E-state index contributed by atoms with van der Waals surface area (Å²) < 4.78 is 0. The average Bonchev–Trinajstić information content (AvgIpc) is 2.25. The molecule has 4 heteroatoms. The Labute approximate surface area is 88.3 Å². The number of aryl methyl sites for hydroxylation is 1. The van der Waals surface area contributed by atoms with E-state index >= 15 is 0 Å². The van der Waals surface area contributed by atoms with Gasteiger partial charge in [0.1, 0.15) is 0 Å². The van der Waals surface area contributed by atoms with Crippen LogP contribution in [0.15, 0.2) is 18.2 Å². The molecule has 2 rings (SSSR count). The van der Waals surface area contributed by atoms with Gasteiger partial charge in [0.25, 0.3) is 0 Å². The van der Waals surface area contributed by atoms with Crippen LogP contribution in [0.1, 0.15) is 12.0 Å². The monoisotopic (exact) mass is 205 g/mol. The summed E-state index contributed by atoms with van der Waals surface area (Å²) in [7, 11) is 0. The van der Waals surface area contributed by atoms with Gasteiger partial charge in [0, 0.05) is 18.7 Å². The number of hydrogen-bond acceptors (Lipinski definition) is 3. The maximum atomic E-state index is 11.1. The average molecular weight is 205 g/mol. The van der Waals surface area contributed by atoms with Crippen LogP contribution in [-0.2, 0) is 11.2 Å². The van der Waals surface area contributed by atoms with Crippen molar-refractivity contribution in [2.24, 2.45) is 0 Å². The molecule has 0 aromatic heterocycles. The zero-order valence-corrected chi connectivity index (χ0v) is 8.36. The first-order valence-electron chi connectivity index (χ1n) is 5.02. The Bertz CT molecular complexity index is 377. The fourth-order valence-electron chi connectivity index (χ4n) is 1.62. The fraction of sp³-hybridized carbons (Fsp3) is 0.364. The van der Waals surface area contributed by atoms with Crippen molar-refractivity contribution in [2.75, 3.05) is 18.5 Å². The second-order valence-electron chi connectivity index (χ2n) is 3.50. The summed E-state index contributed by atoms with van der Waals surface area (Å²) in [5.41, 5.74) is 2.76. The number of aliphatic hydroxyl groups is 1. The van der Waals surface area contributed by atoms with Crippen molar-refractivity contribution in [3.05, 3.63) is 23.8 Å². The highest BCUT2D eigenvalue weighted by Crippen LogP contribution is 2.25. The standard InChI is InChI=1S/C11H13N2O2/c14-6-5-12-9-3-1-8-2-4-11(15)13-10(8)7-9/h1,3,7,12,14H,2,4-6H2. The first-order chi connectivity index (χ1) is 7.29. The molecule has 0 saturated carbocycles. The summed E-state index contributed by atoms with van der Waals surface area (Å²) in [5.74, 6) is -0.0539. The number of anilines is 1. The summed E-state index contributed by atoms with van der Waals surface area (Å²) in [6.07, 6.45) is 1.29. The van der Waals surface area contributed by atoms with Gasteiger partial charge in [0.2, 0.25) is 5.91 Å². The summed E-state index contributed by atoms with van der Waals surface area (Å²) in [5, 5.41) is 15.7. The van der Waals surface area contributed by atoms with Crippen molar-refractivity contribution in [2.45, 2.75) is 12.8 Å². The number of hydrogen-bond donors (Lipinski definition) is 2. The molecule has 4 nitrogen and oxygen atoms in total. The number of amides is 1. The second kappa shape index (κ2) is 4.31. The molecule has 0 atom stereocenters. The predicted molar refractivity (Wildman–Crippen MR) is 57.1 cm³/mol. The van der Waals surface area contributed by atoms with Gasteiger partial charge in [-0.3, -0.25) is 4.79 Å². The van der Waals surface area contributed by atoms with Crippen molar-refractivity contribution >= 4 is 17.3 Å². The van der Waals surface area contributed by atoms with E-state index in [2.05, 4.69) is 10.6 Å². The summed E-state index contributed by atoms with van der Waals surface area (Å²) in [6, 6.07) is 5.77. The largest absolute Gasteiger partial charge is 0.395 e. The van der Waals surface area contributed by atoms with E-state index in [-0.39, 0.29) is 12.5 Å². The molecule has 0 bridgehead atoms. The van der Waals surface area contributed by atoms with Crippen molar-refractivity contribution < 1.29 is 9.90 Å². The Morgan fingerprint density at radius 2 is 2.27 bits per heavy atom. The van der Waals surface area contributed by atoms with Crippen molar-refractivity contribution in [1.82, 2.24) is 5.32 Å². The number of carbonyl (C=O) groups excluding carboxylic acids is 1. The zero-order chi connectivity index (χ0) is 10.7. The highest BCUT2D eigenvalue weighted by molar-refractivity contribution is 5.84. The Balaban J connectivity index is 2.17. The minimum Gasteiger partial charge on any atom is -0.395 e. The number of carbonyl (C=O) groups is 1. The molecule has 15 heavy (non-hydrogen) atoms. The van der Waals surface area contributed by atoms with Crippen LogP contribution in [0, 0.1) is 0 Å². The molecule has 0 unspecified atom stereocenters. The predicted octanol–water partition coefficient (Wildman–Crippen LogP) is 0.799. The lowest BCUT2D eigenvalue weighted by atomic mass is 10.0. The van der Waals surface area contributed by atoms with Crippen LogP contribution in [-0.4, -0.2) is 24.2 Å². The Hall–Kier alpha value is -1.55. The molecule has 0 fully saturated rings. The maximum absolute atomic E-state index is 11.1. The summed E-state index contributed by atoms with van der Waals surface area (Å²) in [6.45, 7) is 0.597. The molecule has 1 aromatic rings. The van der Waals surface area contributed by atoms with E-state index in [1.54, 1.807) is 0 Å². The van der Waals surface area contributed by atoms with Crippen LogP contribution in [0.5, 0.6) is 0 Å². The van der Waals surface area contributed by atoms with E-state index in [4.69, 9.17) is 5.11 Å². The summed E-state index contributed by atoms with van der Waals surface area (Å²) >= 11 is 0. The van der Waals surface area contributed by atoms with Crippen LogP contribution in [0.2, 0.25) is 0 Å². The Kier molecular flexibility index (Phi) is 2.87. The van der Waals surface area contributed by atoms with Gasteiger partial charge in [-0.2, -0.15) is 0 Å².